The van der Waals surface area contributed by atoms with E-state index in [1.807, 2.05) is 31.2 Å². The van der Waals surface area contributed by atoms with Crippen molar-refractivity contribution in [2.24, 2.45) is 0 Å². The van der Waals surface area contributed by atoms with Gasteiger partial charge in [0.15, 0.2) is 0 Å². The Morgan fingerprint density at radius 3 is 2.47 bits per heavy atom. The van der Waals surface area contributed by atoms with Crippen molar-refractivity contribution in [3.05, 3.63) is 41.5 Å². The van der Waals surface area contributed by atoms with Gasteiger partial charge in [0.25, 0.3) is 0 Å². The van der Waals surface area contributed by atoms with E-state index in [4.69, 9.17) is 9.84 Å². The molecule has 0 radical (unpaired) electrons. The second kappa shape index (κ2) is 6.41. The lowest BCUT2D eigenvalue weighted by Crippen LogP contribution is -2.13. The van der Waals surface area contributed by atoms with Crippen molar-refractivity contribution in [3.8, 4) is 5.75 Å². The molecule has 3 heteroatoms. The SMILES string of the molecule is CCC(=CCOc1ccccc1C(C)(C)C)C(=O)O. The predicted octanol–water partition coefficient (Wildman–Crippen LogP) is 3.78. The molecule has 0 heterocycles. The maximum Gasteiger partial charge on any atom is 0.331 e. The van der Waals surface area contributed by atoms with Gasteiger partial charge >= 0.3 is 5.97 Å². The molecule has 0 unspecified atom stereocenters. The number of para-hydroxylation sites is 1. The summed E-state index contributed by atoms with van der Waals surface area (Å²) in [6, 6.07) is 7.86. The van der Waals surface area contributed by atoms with Crippen LogP contribution in [0.4, 0.5) is 0 Å². The number of carboxylic acids is 1. The smallest absolute Gasteiger partial charge is 0.331 e. The van der Waals surface area contributed by atoms with Gasteiger partial charge in [0.05, 0.1) is 0 Å². The molecule has 0 aliphatic heterocycles. The Morgan fingerprint density at radius 1 is 1.32 bits per heavy atom. The molecular formula is C16H22O3. The van der Waals surface area contributed by atoms with E-state index in [1.54, 1.807) is 6.08 Å². The Hall–Kier alpha value is -1.77. The maximum atomic E-state index is 10.9. The molecule has 1 rings (SSSR count). The van der Waals surface area contributed by atoms with Crippen LogP contribution < -0.4 is 4.74 Å². The molecule has 0 aliphatic rings. The summed E-state index contributed by atoms with van der Waals surface area (Å²) >= 11 is 0. The number of ether oxygens (including phenoxy) is 1. The van der Waals surface area contributed by atoms with Crippen molar-refractivity contribution in [1.29, 1.82) is 0 Å². The van der Waals surface area contributed by atoms with Crippen molar-refractivity contribution >= 4 is 5.97 Å². The van der Waals surface area contributed by atoms with Gasteiger partial charge < -0.3 is 9.84 Å². The minimum absolute atomic E-state index is 0.000686. The zero-order valence-electron chi connectivity index (χ0n) is 12.1. The summed E-state index contributed by atoms with van der Waals surface area (Å²) in [5.74, 6) is -0.0673. The molecule has 0 bridgehead atoms. The van der Waals surface area contributed by atoms with Gasteiger partial charge in [0, 0.05) is 5.57 Å². The highest BCUT2D eigenvalue weighted by atomic mass is 16.5. The van der Waals surface area contributed by atoms with Gasteiger partial charge in [0.1, 0.15) is 12.4 Å². The van der Waals surface area contributed by atoms with Gasteiger partial charge in [-0.05, 0) is 29.5 Å². The Bertz CT molecular complexity index is 467. The van der Waals surface area contributed by atoms with Crippen molar-refractivity contribution in [2.45, 2.75) is 39.5 Å². The number of hydrogen-bond acceptors (Lipinski definition) is 2. The van der Waals surface area contributed by atoms with Gasteiger partial charge in [0.2, 0.25) is 0 Å². The van der Waals surface area contributed by atoms with Crippen LogP contribution >= 0.6 is 0 Å². The first-order chi connectivity index (χ1) is 8.86. The van der Waals surface area contributed by atoms with E-state index < -0.39 is 5.97 Å². The lowest BCUT2D eigenvalue weighted by atomic mass is 9.86. The number of carboxylic acid groups (broad SMARTS) is 1. The van der Waals surface area contributed by atoms with Crippen LogP contribution in [0.15, 0.2) is 35.9 Å². The summed E-state index contributed by atoms with van der Waals surface area (Å²) in [5.41, 5.74) is 1.51. The maximum absolute atomic E-state index is 10.9. The van der Waals surface area contributed by atoms with Gasteiger partial charge in [-0.2, -0.15) is 0 Å². The highest BCUT2D eigenvalue weighted by molar-refractivity contribution is 5.86. The molecule has 0 atom stereocenters. The molecule has 1 aromatic rings. The molecule has 0 saturated carbocycles. The fourth-order valence-electron chi connectivity index (χ4n) is 1.83. The van der Waals surface area contributed by atoms with Crippen LogP contribution in [-0.2, 0) is 10.2 Å². The molecule has 104 valence electrons. The van der Waals surface area contributed by atoms with Crippen molar-refractivity contribution in [1.82, 2.24) is 0 Å². The zero-order valence-corrected chi connectivity index (χ0v) is 12.1. The fourth-order valence-corrected chi connectivity index (χ4v) is 1.83. The monoisotopic (exact) mass is 262 g/mol. The summed E-state index contributed by atoms with van der Waals surface area (Å²) in [7, 11) is 0. The first-order valence-electron chi connectivity index (χ1n) is 6.51. The number of rotatable bonds is 5. The summed E-state index contributed by atoms with van der Waals surface area (Å²) in [5, 5.41) is 8.93. The molecule has 0 amide bonds. The molecule has 0 aliphatic carbocycles. The van der Waals surface area contributed by atoms with Crippen LogP contribution in [0.1, 0.15) is 39.7 Å². The molecule has 3 nitrogen and oxygen atoms in total. The van der Waals surface area contributed by atoms with Crippen molar-refractivity contribution in [3.63, 3.8) is 0 Å². The lowest BCUT2D eigenvalue weighted by Gasteiger charge is -2.22. The molecule has 0 aromatic heterocycles. The van der Waals surface area contributed by atoms with E-state index >= 15 is 0 Å². The first kappa shape index (κ1) is 15.3. The Labute approximate surface area is 114 Å². The van der Waals surface area contributed by atoms with E-state index in [2.05, 4.69) is 20.8 Å². The largest absolute Gasteiger partial charge is 0.489 e. The first-order valence-corrected chi connectivity index (χ1v) is 6.51. The third kappa shape index (κ3) is 4.43. The highest BCUT2D eigenvalue weighted by Crippen LogP contribution is 2.30. The van der Waals surface area contributed by atoms with Crippen LogP contribution in [0.5, 0.6) is 5.75 Å². The topological polar surface area (TPSA) is 46.5 Å². The average Bonchev–Trinajstić information content (AvgIpc) is 2.33. The Balaban J connectivity index is 2.82. The Morgan fingerprint density at radius 2 is 1.95 bits per heavy atom. The third-order valence-electron chi connectivity index (χ3n) is 2.92. The van der Waals surface area contributed by atoms with E-state index in [0.717, 1.165) is 11.3 Å². The van der Waals surface area contributed by atoms with Crippen molar-refractivity contribution in [2.75, 3.05) is 6.61 Å². The molecular weight excluding hydrogens is 240 g/mol. The highest BCUT2D eigenvalue weighted by Gasteiger charge is 2.18. The van der Waals surface area contributed by atoms with Crippen LogP contribution in [0.2, 0.25) is 0 Å². The molecule has 0 saturated heterocycles. The van der Waals surface area contributed by atoms with Gasteiger partial charge in [-0.15, -0.1) is 0 Å². The number of hydrogen-bond donors (Lipinski definition) is 1. The van der Waals surface area contributed by atoms with E-state index in [-0.39, 0.29) is 12.0 Å². The number of carbonyl (C=O) groups is 1. The van der Waals surface area contributed by atoms with Crippen LogP contribution in [-0.4, -0.2) is 17.7 Å². The zero-order chi connectivity index (χ0) is 14.5. The normalized spacial score (nSPS) is 12.3. The van der Waals surface area contributed by atoms with Crippen LogP contribution in [0.3, 0.4) is 0 Å². The van der Waals surface area contributed by atoms with Crippen molar-refractivity contribution < 1.29 is 14.6 Å². The molecule has 0 fully saturated rings. The van der Waals surface area contributed by atoms with Crippen LogP contribution in [0.25, 0.3) is 0 Å². The molecule has 19 heavy (non-hydrogen) atoms. The summed E-state index contributed by atoms with van der Waals surface area (Å²) < 4.78 is 5.71. The van der Waals surface area contributed by atoms with E-state index in [0.29, 0.717) is 12.0 Å². The summed E-state index contributed by atoms with van der Waals surface area (Å²) in [4.78, 5) is 10.9. The second-order valence-electron chi connectivity index (χ2n) is 5.45. The predicted molar refractivity (Wildman–Crippen MR) is 76.6 cm³/mol. The Kier molecular flexibility index (Phi) is 5.16. The molecule has 1 N–H and O–H groups in total. The van der Waals surface area contributed by atoms with E-state index in [9.17, 15) is 4.79 Å². The van der Waals surface area contributed by atoms with Crippen LogP contribution in [0, 0.1) is 0 Å². The van der Waals surface area contributed by atoms with Gasteiger partial charge in [-0.3, -0.25) is 0 Å². The molecule has 0 spiro atoms. The van der Waals surface area contributed by atoms with Gasteiger partial charge in [-0.25, -0.2) is 4.79 Å². The third-order valence-corrected chi connectivity index (χ3v) is 2.92. The lowest BCUT2D eigenvalue weighted by molar-refractivity contribution is -0.132. The van der Waals surface area contributed by atoms with Gasteiger partial charge in [-0.1, -0.05) is 45.9 Å². The second-order valence-corrected chi connectivity index (χ2v) is 5.45. The standard InChI is InChI=1S/C16H22O3/c1-5-12(15(17)18)10-11-19-14-9-7-6-8-13(14)16(2,3)4/h6-10H,5,11H2,1-4H3,(H,17,18). The summed E-state index contributed by atoms with van der Waals surface area (Å²) in [6.07, 6.45) is 2.13. The summed E-state index contributed by atoms with van der Waals surface area (Å²) in [6.45, 7) is 8.48. The minimum atomic E-state index is -0.879. The number of aliphatic carboxylic acids is 1. The van der Waals surface area contributed by atoms with E-state index in [1.165, 1.54) is 0 Å². The quantitative estimate of drug-likeness (QED) is 0.821. The molecule has 1 aromatic carbocycles. The minimum Gasteiger partial charge on any atom is -0.489 e. The number of benzene rings is 1. The fraction of sp³-hybridized carbons (Fsp3) is 0.438. The average molecular weight is 262 g/mol.